The molecule has 1 aliphatic heterocycles. The van der Waals surface area contributed by atoms with Crippen LogP contribution in [0.15, 0.2) is 30.3 Å². The minimum Gasteiger partial charge on any atom is -0.352 e. The van der Waals surface area contributed by atoms with Crippen molar-refractivity contribution in [3.63, 3.8) is 0 Å². The number of carbonyl (C=O) groups is 2. The number of ketones is 1. The van der Waals surface area contributed by atoms with E-state index >= 15 is 0 Å². The van der Waals surface area contributed by atoms with Crippen molar-refractivity contribution in [3.05, 3.63) is 53.1 Å². The quantitative estimate of drug-likeness (QED) is 0.709. The van der Waals surface area contributed by atoms with Crippen molar-refractivity contribution in [2.75, 3.05) is 39.3 Å². The van der Waals surface area contributed by atoms with Gasteiger partial charge in [0, 0.05) is 54.9 Å². The summed E-state index contributed by atoms with van der Waals surface area (Å²) >= 11 is 0. The maximum absolute atomic E-state index is 13.7. The summed E-state index contributed by atoms with van der Waals surface area (Å²) in [5, 5.41) is 3.02. The van der Waals surface area contributed by atoms with Crippen molar-refractivity contribution in [2.24, 2.45) is 0 Å². The van der Waals surface area contributed by atoms with E-state index in [1.54, 1.807) is 6.07 Å². The maximum Gasteiger partial charge on any atom is 0.234 e. The Morgan fingerprint density at radius 2 is 1.70 bits per heavy atom. The van der Waals surface area contributed by atoms with Crippen molar-refractivity contribution < 1.29 is 14.0 Å². The van der Waals surface area contributed by atoms with Crippen LogP contribution in [0.1, 0.15) is 34.6 Å². The molecule has 1 aliphatic carbocycles. The Morgan fingerprint density at radius 1 is 1.03 bits per heavy atom. The minimum absolute atomic E-state index is 0.0747. The molecule has 0 unspecified atom stereocenters. The summed E-state index contributed by atoms with van der Waals surface area (Å²) in [7, 11) is 0. The molecule has 2 aliphatic rings. The lowest BCUT2D eigenvalue weighted by atomic mass is 10.1. The van der Waals surface area contributed by atoms with Crippen molar-refractivity contribution in [2.45, 2.75) is 32.7 Å². The van der Waals surface area contributed by atoms with Gasteiger partial charge in [-0.05, 0) is 51.0 Å². The molecule has 1 saturated carbocycles. The van der Waals surface area contributed by atoms with Crippen LogP contribution in [0.4, 0.5) is 4.39 Å². The third kappa shape index (κ3) is 4.79. The highest BCUT2D eigenvalue weighted by molar-refractivity contribution is 5.99. The highest BCUT2D eigenvalue weighted by atomic mass is 19.1. The molecule has 1 aromatic heterocycles. The van der Waals surface area contributed by atoms with Crippen LogP contribution in [0.2, 0.25) is 0 Å². The Morgan fingerprint density at radius 3 is 2.33 bits per heavy atom. The fourth-order valence-electron chi connectivity index (χ4n) is 4.16. The lowest BCUT2D eigenvalue weighted by Gasteiger charge is -2.33. The highest BCUT2D eigenvalue weighted by Crippen LogP contribution is 2.22. The molecule has 6 nitrogen and oxygen atoms in total. The number of rotatable bonds is 7. The number of halogens is 1. The Balaban J connectivity index is 1.34. The molecule has 1 amide bonds. The van der Waals surface area contributed by atoms with Crippen LogP contribution in [0.25, 0.3) is 5.69 Å². The van der Waals surface area contributed by atoms with Gasteiger partial charge in [-0.3, -0.25) is 19.4 Å². The molecule has 2 fully saturated rings. The van der Waals surface area contributed by atoms with Gasteiger partial charge in [-0.15, -0.1) is 0 Å². The van der Waals surface area contributed by atoms with E-state index in [2.05, 4.69) is 15.1 Å². The fourth-order valence-corrected chi connectivity index (χ4v) is 4.16. The van der Waals surface area contributed by atoms with Crippen LogP contribution in [0.3, 0.4) is 0 Å². The Bertz CT molecular complexity index is 943. The summed E-state index contributed by atoms with van der Waals surface area (Å²) in [5.41, 5.74) is 3.15. The number of carbonyl (C=O) groups excluding carboxylic acids is 2. The molecule has 2 heterocycles. The van der Waals surface area contributed by atoms with Crippen molar-refractivity contribution in [1.82, 2.24) is 19.7 Å². The van der Waals surface area contributed by atoms with Crippen molar-refractivity contribution in [1.29, 1.82) is 0 Å². The van der Waals surface area contributed by atoms with Gasteiger partial charge >= 0.3 is 0 Å². The molecule has 0 spiro atoms. The smallest absolute Gasteiger partial charge is 0.234 e. The fraction of sp³-hybridized carbons (Fsp3) is 0.478. The standard InChI is InChI=1S/C23H29FN4O2/c1-16-12-21(17(2)28(16)20-5-3-4-18(24)13-20)22(29)14-26-8-10-27(11-9-26)15-23(30)25-19-6-7-19/h3-5,12-13,19H,6-11,14-15H2,1-2H3,(H,25,30). The molecule has 4 rings (SSSR count). The van der Waals surface area contributed by atoms with Crippen LogP contribution in [-0.4, -0.2) is 71.4 Å². The molecular formula is C23H29FN4O2. The van der Waals surface area contributed by atoms with Gasteiger partial charge in [0.25, 0.3) is 0 Å². The first-order valence-electron chi connectivity index (χ1n) is 10.6. The van der Waals surface area contributed by atoms with E-state index < -0.39 is 0 Å². The average Bonchev–Trinajstić information content (AvgIpc) is 3.46. The largest absolute Gasteiger partial charge is 0.352 e. The first-order valence-corrected chi connectivity index (χ1v) is 10.6. The zero-order valence-corrected chi connectivity index (χ0v) is 17.7. The second-order valence-corrected chi connectivity index (χ2v) is 8.42. The summed E-state index contributed by atoms with van der Waals surface area (Å²) in [5.74, 6) is -0.117. The molecular weight excluding hydrogens is 383 g/mol. The second-order valence-electron chi connectivity index (χ2n) is 8.42. The van der Waals surface area contributed by atoms with Crippen LogP contribution in [0.5, 0.6) is 0 Å². The lowest BCUT2D eigenvalue weighted by Crippen LogP contribution is -2.50. The number of hydrogen-bond acceptors (Lipinski definition) is 4. The first kappa shape index (κ1) is 20.8. The Kier molecular flexibility index (Phi) is 6.01. The zero-order chi connectivity index (χ0) is 21.3. The predicted molar refractivity (Wildman–Crippen MR) is 114 cm³/mol. The summed E-state index contributed by atoms with van der Waals surface area (Å²) < 4.78 is 15.6. The maximum atomic E-state index is 13.7. The number of benzene rings is 1. The average molecular weight is 413 g/mol. The summed E-state index contributed by atoms with van der Waals surface area (Å²) in [6, 6.07) is 8.70. The van der Waals surface area contributed by atoms with Crippen molar-refractivity contribution in [3.8, 4) is 5.69 Å². The van der Waals surface area contributed by atoms with Gasteiger partial charge in [-0.1, -0.05) is 6.07 Å². The van der Waals surface area contributed by atoms with Crippen molar-refractivity contribution >= 4 is 11.7 Å². The second kappa shape index (κ2) is 8.70. The SMILES string of the molecule is Cc1cc(C(=O)CN2CCN(CC(=O)NC3CC3)CC2)c(C)n1-c1cccc(F)c1. The third-order valence-corrected chi connectivity index (χ3v) is 5.94. The van der Waals surface area contributed by atoms with E-state index in [1.165, 1.54) is 12.1 Å². The van der Waals surface area contributed by atoms with Crippen LogP contribution >= 0.6 is 0 Å². The molecule has 0 atom stereocenters. The van der Waals surface area contributed by atoms with Gasteiger partial charge in [0.2, 0.25) is 5.91 Å². The monoisotopic (exact) mass is 412 g/mol. The highest BCUT2D eigenvalue weighted by Gasteiger charge is 2.26. The number of aromatic nitrogens is 1. The molecule has 7 heteroatoms. The number of Topliss-reactive ketones (excluding diaryl/α,β-unsaturated/α-hetero) is 1. The van der Waals surface area contributed by atoms with E-state index in [9.17, 15) is 14.0 Å². The summed E-state index contributed by atoms with van der Waals surface area (Å²) in [6.07, 6.45) is 2.20. The zero-order valence-electron chi connectivity index (χ0n) is 17.7. The normalized spacial score (nSPS) is 17.8. The van der Waals surface area contributed by atoms with Gasteiger partial charge in [-0.2, -0.15) is 0 Å². The number of nitrogens with one attached hydrogen (secondary N) is 1. The number of aryl methyl sites for hydroxylation is 1. The van der Waals surface area contributed by atoms with Crippen LogP contribution in [-0.2, 0) is 4.79 Å². The molecule has 0 radical (unpaired) electrons. The summed E-state index contributed by atoms with van der Waals surface area (Å²) in [6.45, 7) is 7.74. The van der Waals surface area contributed by atoms with Crippen LogP contribution in [0, 0.1) is 19.7 Å². The van der Waals surface area contributed by atoms with E-state index in [4.69, 9.17) is 0 Å². The third-order valence-electron chi connectivity index (χ3n) is 5.94. The van der Waals surface area contributed by atoms with Gasteiger partial charge in [0.05, 0.1) is 13.1 Å². The Labute approximate surface area is 176 Å². The predicted octanol–water partition coefficient (Wildman–Crippen LogP) is 2.31. The number of hydrogen-bond donors (Lipinski definition) is 1. The molecule has 1 aromatic carbocycles. The minimum atomic E-state index is -0.295. The summed E-state index contributed by atoms with van der Waals surface area (Å²) in [4.78, 5) is 29.2. The van der Waals surface area contributed by atoms with E-state index in [0.717, 1.165) is 56.1 Å². The molecule has 1 saturated heterocycles. The van der Waals surface area contributed by atoms with Gasteiger partial charge < -0.3 is 9.88 Å². The van der Waals surface area contributed by atoms with Crippen LogP contribution < -0.4 is 5.32 Å². The molecule has 1 N–H and O–H groups in total. The molecule has 0 bridgehead atoms. The van der Waals surface area contributed by atoms with E-state index in [-0.39, 0.29) is 17.5 Å². The van der Waals surface area contributed by atoms with Gasteiger partial charge in [0.1, 0.15) is 5.82 Å². The lowest BCUT2D eigenvalue weighted by molar-refractivity contribution is -0.122. The number of piperazine rings is 1. The van der Waals surface area contributed by atoms with Gasteiger partial charge in [0.15, 0.2) is 5.78 Å². The first-order chi connectivity index (χ1) is 14.4. The van der Waals surface area contributed by atoms with E-state index in [0.29, 0.717) is 24.7 Å². The molecule has 160 valence electrons. The number of amides is 1. The molecule has 2 aromatic rings. The number of nitrogens with zero attached hydrogens (tertiary/aromatic N) is 3. The van der Waals surface area contributed by atoms with Gasteiger partial charge in [-0.25, -0.2) is 4.39 Å². The topological polar surface area (TPSA) is 57.6 Å². The molecule has 30 heavy (non-hydrogen) atoms. The Hall–Kier alpha value is -2.51. The van der Waals surface area contributed by atoms with E-state index in [1.807, 2.05) is 30.5 Å².